The summed E-state index contributed by atoms with van der Waals surface area (Å²) in [6, 6.07) is 3.85. The van der Waals surface area contributed by atoms with Gasteiger partial charge in [0.15, 0.2) is 0 Å². The number of piperidine rings is 1. The molecule has 3 atom stereocenters. The number of nitrogens with zero attached hydrogens (tertiary/aromatic N) is 4. The standard InChI is InChI=1S/C23H28F3N7O/c1-13-7-15(9-27-8-13)30-22-29-11-18(23(24,25)26)20(32-22)17-10-28-21-16(17)3-4-19(31-21)33-5-6-34-12-14(33)2/h3-4,10-11,13-15,27H,5-9,12H2,1-2H3,(H,28,31)(H,29,30,32)/t13-,14+,15+/m1/s1. The molecule has 2 saturated heterocycles. The van der Waals surface area contributed by atoms with Gasteiger partial charge >= 0.3 is 6.18 Å². The van der Waals surface area contributed by atoms with Crippen LogP contribution >= 0.6 is 0 Å². The number of ether oxygens (including phenoxy) is 1. The van der Waals surface area contributed by atoms with Gasteiger partial charge in [-0.25, -0.2) is 15.0 Å². The molecule has 0 radical (unpaired) electrons. The van der Waals surface area contributed by atoms with E-state index in [4.69, 9.17) is 4.74 Å². The van der Waals surface area contributed by atoms with E-state index >= 15 is 0 Å². The zero-order valence-electron chi connectivity index (χ0n) is 19.1. The number of hydrogen-bond acceptors (Lipinski definition) is 7. The van der Waals surface area contributed by atoms with Gasteiger partial charge in [0.2, 0.25) is 5.95 Å². The smallest absolute Gasteiger partial charge is 0.377 e. The average molecular weight is 476 g/mol. The SMILES string of the molecule is C[C@H]1CNC[C@@H](Nc2ncc(C(F)(F)F)c(-c3c[nH]c4nc(N5CCOC[C@@H]5C)ccc34)n2)C1. The maximum Gasteiger partial charge on any atom is 0.419 e. The third kappa shape index (κ3) is 4.54. The number of H-pyrrole nitrogens is 1. The maximum absolute atomic E-state index is 13.9. The van der Waals surface area contributed by atoms with Gasteiger partial charge in [0, 0.05) is 42.5 Å². The van der Waals surface area contributed by atoms with Crippen molar-refractivity contribution in [2.24, 2.45) is 5.92 Å². The van der Waals surface area contributed by atoms with Crippen LogP contribution in [0.4, 0.5) is 24.9 Å². The zero-order valence-corrected chi connectivity index (χ0v) is 19.1. The first kappa shape index (κ1) is 22.9. The van der Waals surface area contributed by atoms with Crippen LogP contribution in [0.15, 0.2) is 24.5 Å². The van der Waals surface area contributed by atoms with Crippen LogP contribution in [0.5, 0.6) is 0 Å². The van der Waals surface area contributed by atoms with Gasteiger partial charge in [0.05, 0.1) is 24.9 Å². The van der Waals surface area contributed by atoms with E-state index in [1.54, 1.807) is 6.07 Å². The molecule has 0 aromatic carbocycles. The molecule has 3 N–H and O–H groups in total. The average Bonchev–Trinajstić information content (AvgIpc) is 3.22. The van der Waals surface area contributed by atoms with Gasteiger partial charge < -0.3 is 25.3 Å². The van der Waals surface area contributed by atoms with E-state index in [1.807, 2.05) is 6.07 Å². The predicted octanol–water partition coefficient (Wildman–Crippen LogP) is 3.67. The summed E-state index contributed by atoms with van der Waals surface area (Å²) in [6.45, 7) is 7.75. The molecule has 3 aromatic rings. The van der Waals surface area contributed by atoms with Crippen molar-refractivity contribution in [2.45, 2.75) is 38.5 Å². The molecule has 34 heavy (non-hydrogen) atoms. The summed E-state index contributed by atoms with van der Waals surface area (Å²) in [5, 5.41) is 7.10. The van der Waals surface area contributed by atoms with E-state index in [-0.39, 0.29) is 23.7 Å². The molecule has 5 heterocycles. The minimum absolute atomic E-state index is 0.0519. The Labute approximate surface area is 195 Å². The van der Waals surface area contributed by atoms with Crippen molar-refractivity contribution in [3.8, 4) is 11.3 Å². The molecule has 2 aliphatic rings. The number of morpholine rings is 1. The van der Waals surface area contributed by atoms with Gasteiger partial charge in [0.25, 0.3) is 0 Å². The molecule has 0 aliphatic carbocycles. The molecule has 5 rings (SSSR count). The third-order valence-corrected chi connectivity index (χ3v) is 6.44. The van der Waals surface area contributed by atoms with E-state index in [9.17, 15) is 13.2 Å². The second-order valence-electron chi connectivity index (χ2n) is 9.18. The quantitative estimate of drug-likeness (QED) is 0.530. The van der Waals surface area contributed by atoms with Crippen LogP contribution < -0.4 is 15.5 Å². The predicted molar refractivity (Wildman–Crippen MR) is 124 cm³/mol. The summed E-state index contributed by atoms with van der Waals surface area (Å²) in [7, 11) is 0. The summed E-state index contributed by atoms with van der Waals surface area (Å²) in [5.74, 6) is 1.41. The third-order valence-electron chi connectivity index (χ3n) is 6.44. The van der Waals surface area contributed by atoms with Crippen LogP contribution in [0.25, 0.3) is 22.3 Å². The van der Waals surface area contributed by atoms with Crippen molar-refractivity contribution in [1.82, 2.24) is 25.3 Å². The monoisotopic (exact) mass is 475 g/mol. The molecule has 182 valence electrons. The normalized spacial score (nSPS) is 23.9. The number of fused-ring (bicyclic) bond motifs is 1. The Hall–Kier alpha value is -2.92. The Balaban J connectivity index is 1.51. The van der Waals surface area contributed by atoms with Crippen LogP contribution in [-0.2, 0) is 10.9 Å². The number of rotatable bonds is 4. The molecule has 0 saturated carbocycles. The number of nitrogens with one attached hydrogen (secondary N) is 3. The summed E-state index contributed by atoms with van der Waals surface area (Å²) in [5.41, 5.74) is -0.183. The van der Waals surface area contributed by atoms with E-state index in [0.717, 1.165) is 25.0 Å². The first-order valence-corrected chi connectivity index (χ1v) is 11.5. The Bertz CT molecular complexity index is 1170. The van der Waals surface area contributed by atoms with Crippen LogP contribution in [0, 0.1) is 5.92 Å². The highest BCUT2D eigenvalue weighted by molar-refractivity contribution is 5.94. The van der Waals surface area contributed by atoms with Crippen molar-refractivity contribution in [3.05, 3.63) is 30.1 Å². The van der Waals surface area contributed by atoms with Gasteiger partial charge in [-0.15, -0.1) is 0 Å². The second-order valence-corrected chi connectivity index (χ2v) is 9.18. The number of pyridine rings is 1. The fourth-order valence-corrected chi connectivity index (χ4v) is 4.73. The largest absolute Gasteiger partial charge is 0.419 e. The lowest BCUT2D eigenvalue weighted by Gasteiger charge is -2.34. The number of halogens is 3. The van der Waals surface area contributed by atoms with Crippen LogP contribution in [-0.4, -0.2) is 64.9 Å². The van der Waals surface area contributed by atoms with Crippen molar-refractivity contribution in [3.63, 3.8) is 0 Å². The summed E-state index contributed by atoms with van der Waals surface area (Å²) in [6.07, 6.45) is -1.29. The van der Waals surface area contributed by atoms with E-state index < -0.39 is 11.7 Å². The van der Waals surface area contributed by atoms with Gasteiger partial charge in [-0.2, -0.15) is 13.2 Å². The number of hydrogen-bond donors (Lipinski definition) is 3. The molecule has 0 spiro atoms. The minimum Gasteiger partial charge on any atom is -0.377 e. The highest BCUT2D eigenvalue weighted by Gasteiger charge is 2.36. The van der Waals surface area contributed by atoms with Crippen molar-refractivity contribution in [1.29, 1.82) is 0 Å². The lowest BCUT2D eigenvalue weighted by atomic mass is 9.98. The summed E-state index contributed by atoms with van der Waals surface area (Å²) < 4.78 is 47.1. The Morgan fingerprint density at radius 1 is 1.18 bits per heavy atom. The fourth-order valence-electron chi connectivity index (χ4n) is 4.73. The zero-order chi connectivity index (χ0) is 23.9. The van der Waals surface area contributed by atoms with E-state index in [2.05, 4.69) is 49.3 Å². The van der Waals surface area contributed by atoms with Gasteiger partial charge in [-0.1, -0.05) is 6.92 Å². The minimum atomic E-state index is -4.59. The topological polar surface area (TPSA) is 91.0 Å². The van der Waals surface area contributed by atoms with Crippen molar-refractivity contribution >= 4 is 22.8 Å². The molecular weight excluding hydrogens is 447 g/mol. The number of alkyl halides is 3. The van der Waals surface area contributed by atoms with Crippen molar-refractivity contribution < 1.29 is 17.9 Å². The van der Waals surface area contributed by atoms with Crippen LogP contribution in [0.2, 0.25) is 0 Å². The fraction of sp³-hybridized carbons (Fsp3) is 0.522. The molecule has 8 nitrogen and oxygen atoms in total. The molecule has 0 unspecified atom stereocenters. The molecule has 0 amide bonds. The lowest BCUT2D eigenvalue weighted by molar-refractivity contribution is -0.137. The molecule has 2 aliphatic heterocycles. The van der Waals surface area contributed by atoms with Gasteiger partial charge in [0.1, 0.15) is 17.0 Å². The number of aromatic nitrogens is 4. The Morgan fingerprint density at radius 2 is 2.03 bits per heavy atom. The Kier molecular flexibility index (Phi) is 6.07. The highest BCUT2D eigenvalue weighted by atomic mass is 19.4. The first-order chi connectivity index (χ1) is 16.3. The molecule has 3 aromatic heterocycles. The molecule has 2 fully saturated rings. The van der Waals surface area contributed by atoms with E-state index in [1.165, 1.54) is 6.20 Å². The molecular formula is C23H28F3N7O. The van der Waals surface area contributed by atoms with Crippen LogP contribution in [0.3, 0.4) is 0 Å². The molecule has 11 heteroatoms. The van der Waals surface area contributed by atoms with Gasteiger partial charge in [-0.05, 0) is 37.9 Å². The number of anilines is 2. The summed E-state index contributed by atoms with van der Waals surface area (Å²) in [4.78, 5) is 18.2. The van der Waals surface area contributed by atoms with E-state index in [0.29, 0.717) is 48.8 Å². The Morgan fingerprint density at radius 3 is 2.79 bits per heavy atom. The lowest BCUT2D eigenvalue weighted by Crippen LogP contribution is -2.44. The second kappa shape index (κ2) is 9.03. The first-order valence-electron chi connectivity index (χ1n) is 11.5. The van der Waals surface area contributed by atoms with Crippen LogP contribution in [0.1, 0.15) is 25.8 Å². The van der Waals surface area contributed by atoms with Crippen molar-refractivity contribution in [2.75, 3.05) is 43.1 Å². The maximum atomic E-state index is 13.9. The number of aromatic amines is 1. The van der Waals surface area contributed by atoms with Gasteiger partial charge in [-0.3, -0.25) is 0 Å². The highest BCUT2D eigenvalue weighted by Crippen LogP contribution is 2.39. The summed E-state index contributed by atoms with van der Waals surface area (Å²) >= 11 is 0. The molecule has 0 bridgehead atoms.